The van der Waals surface area contributed by atoms with Crippen LogP contribution in [-0.2, 0) is 40.0 Å². The first-order valence-electron chi connectivity index (χ1n) is 24.1. The van der Waals surface area contributed by atoms with Crippen molar-refractivity contribution in [2.45, 2.75) is 128 Å². The third-order valence-electron chi connectivity index (χ3n) is 11.5. The monoisotopic (exact) mass is 1030 g/mol. The lowest BCUT2D eigenvalue weighted by Gasteiger charge is -2.29. The second kappa shape index (κ2) is 31.4. The lowest BCUT2D eigenvalue weighted by molar-refractivity contribution is -0.142. The number of hydrogen-bond acceptors (Lipinski definition) is 12. The van der Waals surface area contributed by atoms with Crippen LogP contribution in [0.1, 0.15) is 84.6 Å². The highest BCUT2D eigenvalue weighted by molar-refractivity contribution is 5.97. The van der Waals surface area contributed by atoms with E-state index in [0.29, 0.717) is 5.56 Å². The molecule has 7 atom stereocenters. The van der Waals surface area contributed by atoms with E-state index >= 15 is 0 Å². The number of nitrogens with two attached hydrogens (primary N) is 5. The van der Waals surface area contributed by atoms with Gasteiger partial charge in [0.1, 0.15) is 36.3 Å². The number of aromatic nitrogens is 1. The van der Waals surface area contributed by atoms with E-state index in [-0.39, 0.29) is 114 Å². The zero-order valence-electron chi connectivity index (χ0n) is 42.0. The van der Waals surface area contributed by atoms with Crippen LogP contribution < -0.4 is 81.8 Å². The molecule has 28 heteroatoms. The Labute approximate surface area is 424 Å². The Bertz CT molecular complexity index is 2220. The Hall–Kier alpha value is -7.91. The predicted octanol–water partition coefficient (Wildman–Crippen LogP) is -3.60. The number of aliphatic carboxylic acids is 1. The maximum absolute atomic E-state index is 14.6. The first-order chi connectivity index (χ1) is 34.4. The maximum Gasteiger partial charge on any atom is 0.326 e. The van der Waals surface area contributed by atoms with Gasteiger partial charge in [-0.25, -0.2) is 4.79 Å². The fourth-order valence-corrected chi connectivity index (χ4v) is 7.35. The average Bonchev–Trinajstić information content (AvgIpc) is 3.72. The lowest BCUT2D eigenvalue weighted by atomic mass is 9.99. The maximum atomic E-state index is 14.6. The molecule has 0 spiro atoms. The molecule has 0 aliphatic heterocycles. The summed E-state index contributed by atoms with van der Waals surface area (Å²) >= 11 is 0. The number of fused-ring (bicyclic) bond motifs is 1. The third-order valence-corrected chi connectivity index (χ3v) is 11.5. The summed E-state index contributed by atoms with van der Waals surface area (Å²) in [4.78, 5) is 99.6. The largest absolute Gasteiger partial charge is 0.480 e. The molecule has 73 heavy (non-hydrogen) atoms. The Morgan fingerprint density at radius 3 is 1.30 bits per heavy atom. The molecule has 26 N–H and O–H groups in total. The van der Waals surface area contributed by atoms with Crippen LogP contribution in [-0.4, -0.2) is 144 Å². The average molecular weight is 1030 g/mol. The molecule has 1 aromatic heterocycles. The van der Waals surface area contributed by atoms with E-state index in [1.54, 1.807) is 40.0 Å². The topological polar surface area (TPSA) is 501 Å². The van der Waals surface area contributed by atoms with Crippen LogP contribution in [0.15, 0.2) is 30.5 Å². The molecule has 2 rings (SSSR count). The first-order valence-corrected chi connectivity index (χ1v) is 24.1. The molecular formula is C45H78N20O8. The van der Waals surface area contributed by atoms with Gasteiger partial charge in [0.15, 0.2) is 23.8 Å². The van der Waals surface area contributed by atoms with Crippen LogP contribution in [0.4, 0.5) is 0 Å². The number of aromatic amines is 1. The SMILES string of the molecule is CC(C)[C@H](N)C(=O)N[C@@H](CCCNC(=N)N)C(=O)N[C@@H](CCCNC(=N)N)C(=O)N[C@@H](Cc1c[nH]c2ccccc12)C(=O)N[C@H](C(=O)N[C@@H](CCCNC(=N)N)C(=O)N[C@@H](CCCNC(=N)N)C(=O)O)C(C)C. The van der Waals surface area contributed by atoms with Gasteiger partial charge in [-0.1, -0.05) is 45.9 Å². The van der Waals surface area contributed by atoms with Crippen LogP contribution in [0.5, 0.6) is 0 Å². The van der Waals surface area contributed by atoms with Crippen molar-refractivity contribution in [3.8, 4) is 0 Å². The highest BCUT2D eigenvalue weighted by Gasteiger charge is 2.35. The van der Waals surface area contributed by atoms with Crippen molar-refractivity contribution < 1.29 is 38.7 Å². The van der Waals surface area contributed by atoms with E-state index in [4.69, 9.17) is 50.3 Å². The summed E-state index contributed by atoms with van der Waals surface area (Å²) in [5.74, 6) is -8.18. The summed E-state index contributed by atoms with van der Waals surface area (Å²) < 4.78 is 0. The Morgan fingerprint density at radius 2 is 0.890 bits per heavy atom. The van der Waals surface area contributed by atoms with Crippen LogP contribution >= 0.6 is 0 Å². The third kappa shape index (κ3) is 22.8. The fourth-order valence-electron chi connectivity index (χ4n) is 7.35. The van der Waals surface area contributed by atoms with Crippen molar-refractivity contribution in [1.29, 1.82) is 21.6 Å². The van der Waals surface area contributed by atoms with Gasteiger partial charge in [0.05, 0.1) is 6.04 Å². The van der Waals surface area contributed by atoms with Crippen LogP contribution in [0.3, 0.4) is 0 Å². The lowest BCUT2D eigenvalue weighted by Crippen LogP contribution is -2.61. The van der Waals surface area contributed by atoms with Gasteiger partial charge in [-0.3, -0.25) is 50.4 Å². The molecule has 1 heterocycles. The van der Waals surface area contributed by atoms with Crippen LogP contribution in [0.25, 0.3) is 10.9 Å². The molecule has 0 aliphatic rings. The summed E-state index contributed by atoms with van der Waals surface area (Å²) in [5.41, 5.74) is 29.1. The fraction of sp³-hybridized carbons (Fsp3) is 0.578. The number of para-hydroxylation sites is 1. The van der Waals surface area contributed by atoms with Gasteiger partial charge >= 0.3 is 5.97 Å². The second-order valence-corrected chi connectivity index (χ2v) is 18.1. The molecule has 0 aliphatic carbocycles. The van der Waals surface area contributed by atoms with Crippen molar-refractivity contribution in [2.75, 3.05) is 26.2 Å². The molecule has 0 saturated heterocycles. The van der Waals surface area contributed by atoms with Crippen molar-refractivity contribution in [1.82, 2.24) is 58.2 Å². The van der Waals surface area contributed by atoms with E-state index in [2.05, 4.69) is 58.2 Å². The number of guanidine groups is 4. The van der Waals surface area contributed by atoms with Crippen molar-refractivity contribution in [3.63, 3.8) is 0 Å². The highest BCUT2D eigenvalue weighted by atomic mass is 16.4. The van der Waals surface area contributed by atoms with Crippen LogP contribution in [0.2, 0.25) is 0 Å². The summed E-state index contributed by atoms with van der Waals surface area (Å²) in [6.45, 7) is 7.35. The molecule has 0 saturated carbocycles. The molecule has 0 fully saturated rings. The number of carboxylic acids is 1. The summed E-state index contributed by atoms with van der Waals surface area (Å²) in [7, 11) is 0. The van der Waals surface area contributed by atoms with Gasteiger partial charge in [0, 0.05) is 49.7 Å². The normalized spacial score (nSPS) is 13.9. The Kier molecular flexibility index (Phi) is 26.4. The van der Waals surface area contributed by atoms with Crippen molar-refractivity contribution >= 4 is 76.2 Å². The van der Waals surface area contributed by atoms with E-state index < -0.39 is 89.6 Å². The smallest absolute Gasteiger partial charge is 0.326 e. The summed E-state index contributed by atoms with van der Waals surface area (Å²) in [6.07, 6.45) is 2.30. The molecule has 1 aromatic carbocycles. The van der Waals surface area contributed by atoms with Gasteiger partial charge in [0.25, 0.3) is 0 Å². The molecule has 0 unspecified atom stereocenters. The summed E-state index contributed by atoms with van der Waals surface area (Å²) in [6, 6.07) is -1.73. The van der Waals surface area contributed by atoms with Gasteiger partial charge in [-0.05, 0) is 74.8 Å². The predicted molar refractivity (Wildman–Crippen MR) is 275 cm³/mol. The number of carboxylic acid groups (broad SMARTS) is 1. The zero-order chi connectivity index (χ0) is 54.8. The number of hydrogen-bond donors (Lipinski definition) is 21. The molecule has 0 bridgehead atoms. The molecular weight excluding hydrogens is 949 g/mol. The minimum atomic E-state index is -1.40. The number of H-pyrrole nitrogens is 1. The van der Waals surface area contributed by atoms with Crippen LogP contribution in [0, 0.1) is 33.5 Å². The quantitative estimate of drug-likeness (QED) is 0.0187. The second-order valence-electron chi connectivity index (χ2n) is 18.1. The molecule has 406 valence electrons. The molecule has 0 radical (unpaired) electrons. The number of rotatable bonds is 33. The number of carbonyl (C=O) groups excluding carboxylic acids is 6. The molecule has 6 amide bonds. The first kappa shape index (κ1) is 61.2. The Balaban J connectivity index is 2.54. The minimum absolute atomic E-state index is 0.0439. The number of carbonyl (C=O) groups is 7. The number of amides is 6. The number of benzene rings is 1. The molecule has 2 aromatic rings. The minimum Gasteiger partial charge on any atom is -0.480 e. The van der Waals surface area contributed by atoms with Gasteiger partial charge in [-0.2, -0.15) is 0 Å². The molecule has 28 nitrogen and oxygen atoms in total. The van der Waals surface area contributed by atoms with Gasteiger partial charge < -0.3 is 91.9 Å². The van der Waals surface area contributed by atoms with E-state index in [0.717, 1.165) is 10.9 Å². The van der Waals surface area contributed by atoms with Gasteiger partial charge in [-0.15, -0.1) is 0 Å². The zero-order valence-corrected chi connectivity index (χ0v) is 42.0. The van der Waals surface area contributed by atoms with E-state index in [1.165, 1.54) is 0 Å². The van der Waals surface area contributed by atoms with Gasteiger partial charge in [0.2, 0.25) is 35.4 Å². The van der Waals surface area contributed by atoms with Crippen molar-refractivity contribution in [3.05, 3.63) is 36.0 Å². The van der Waals surface area contributed by atoms with E-state index in [1.807, 2.05) is 18.2 Å². The van der Waals surface area contributed by atoms with E-state index in [9.17, 15) is 38.7 Å². The number of nitrogens with one attached hydrogen (secondary N) is 15. The standard InChI is InChI=1S/C45H78N20O8/c1-23(2)33(46)39(70)61-29(14-8-18-56-43(49)50)35(66)60-28(13-7-17-55-42(47)48)37(68)64-32(21-25-22-59-27-12-6-5-11-26(25)27)38(69)65-34(24(3)4)40(71)62-30(15-9-19-57-44(51)52)36(67)63-31(41(72)73)16-10-20-58-45(53)54/h5-6,11-12,22-24,28-34,59H,7-10,13-21,46H2,1-4H3,(H,60,66)(H,61,70)(H,62,71)(H,63,67)(H,64,68)(H,65,69)(H,72,73)(H4,47,48,55)(H4,49,50,56)(H4,51,52,57)(H4,53,54,58)/t28-,29-,30-,31-,32-,33-,34-/m0/s1. The highest BCUT2D eigenvalue weighted by Crippen LogP contribution is 2.20. The summed E-state index contributed by atoms with van der Waals surface area (Å²) in [5, 5.41) is 66.9. The Morgan fingerprint density at radius 1 is 0.521 bits per heavy atom. The van der Waals surface area contributed by atoms with Crippen molar-refractivity contribution in [2.24, 2.45) is 40.5 Å².